The van der Waals surface area contributed by atoms with Crippen LogP contribution in [0.2, 0.25) is 0 Å². The topological polar surface area (TPSA) is 0 Å². The largest absolute Gasteiger partial charge is 0.0613 e. The van der Waals surface area contributed by atoms with E-state index in [4.69, 9.17) is 0 Å². The minimum Gasteiger partial charge on any atom is -0.0613 e. The highest BCUT2D eigenvalue weighted by atomic mass is 14.2. The van der Waals surface area contributed by atoms with Crippen molar-refractivity contribution in [2.45, 2.75) is 58.3 Å². The Bertz CT molecular complexity index is 556. The zero-order chi connectivity index (χ0) is 15.2. The summed E-state index contributed by atoms with van der Waals surface area (Å²) in [6.45, 7) is 2.21. The summed E-state index contributed by atoms with van der Waals surface area (Å²) in [5.41, 5.74) is 5.79. The van der Waals surface area contributed by atoms with Crippen molar-refractivity contribution >= 4 is 0 Å². The number of aryl methyl sites for hydroxylation is 1. The molecule has 0 N–H and O–H groups in total. The molecule has 116 valence electrons. The van der Waals surface area contributed by atoms with E-state index in [9.17, 15) is 0 Å². The summed E-state index contributed by atoms with van der Waals surface area (Å²) in [6, 6.07) is 18.4. The van der Waals surface area contributed by atoms with Crippen LogP contribution in [0, 0.1) is 5.92 Å². The van der Waals surface area contributed by atoms with Crippen LogP contribution in [0.1, 0.15) is 61.3 Å². The van der Waals surface area contributed by atoms with E-state index < -0.39 is 0 Å². The lowest BCUT2D eigenvalue weighted by atomic mass is 9.85. The molecule has 1 aliphatic carbocycles. The van der Waals surface area contributed by atoms with Crippen LogP contribution in [0.3, 0.4) is 0 Å². The fourth-order valence-electron chi connectivity index (χ4n) is 3.65. The lowest BCUT2D eigenvalue weighted by molar-refractivity contribution is 0.356. The molecule has 0 atom stereocenters. The monoisotopic (exact) mass is 292 g/mol. The Kier molecular flexibility index (Phi) is 5.32. The molecule has 0 radical (unpaired) electrons. The fourth-order valence-corrected chi connectivity index (χ4v) is 3.65. The predicted molar refractivity (Wildman–Crippen MR) is 95.3 cm³/mol. The maximum absolute atomic E-state index is 2.35. The standard InChI is InChI=1S/C22H28/c1-2-18-8-10-20(11-9-18)17-22-14-12-21(13-15-22)16-19-6-4-3-5-7-19/h8-15,19H,2-7,16-17H2,1H3. The molecule has 0 nitrogen and oxygen atoms in total. The van der Waals surface area contributed by atoms with Gasteiger partial charge in [0.2, 0.25) is 0 Å². The smallest absolute Gasteiger partial charge is 0.00258 e. The highest BCUT2D eigenvalue weighted by molar-refractivity contribution is 5.30. The number of benzene rings is 2. The molecule has 0 saturated heterocycles. The van der Waals surface area contributed by atoms with Gasteiger partial charge in [-0.3, -0.25) is 0 Å². The van der Waals surface area contributed by atoms with Gasteiger partial charge in [-0.1, -0.05) is 87.6 Å². The van der Waals surface area contributed by atoms with Crippen molar-refractivity contribution in [3.05, 3.63) is 70.8 Å². The van der Waals surface area contributed by atoms with Crippen LogP contribution >= 0.6 is 0 Å². The number of hydrogen-bond acceptors (Lipinski definition) is 0. The average molecular weight is 292 g/mol. The van der Waals surface area contributed by atoms with E-state index in [1.807, 2.05) is 0 Å². The molecular weight excluding hydrogens is 264 g/mol. The van der Waals surface area contributed by atoms with Gasteiger partial charge in [-0.2, -0.15) is 0 Å². The van der Waals surface area contributed by atoms with Crippen LogP contribution in [-0.2, 0) is 19.3 Å². The zero-order valence-electron chi connectivity index (χ0n) is 13.9. The molecular formula is C22H28. The van der Waals surface area contributed by atoms with E-state index in [0.29, 0.717) is 0 Å². The second-order valence-corrected chi connectivity index (χ2v) is 6.87. The van der Waals surface area contributed by atoms with Crippen LogP contribution in [0.4, 0.5) is 0 Å². The minimum absolute atomic E-state index is 0.932. The molecule has 2 aromatic rings. The van der Waals surface area contributed by atoms with Crippen molar-refractivity contribution in [2.24, 2.45) is 5.92 Å². The molecule has 1 saturated carbocycles. The Morgan fingerprint density at radius 3 is 1.73 bits per heavy atom. The molecule has 0 unspecified atom stereocenters. The van der Waals surface area contributed by atoms with Crippen molar-refractivity contribution in [3.8, 4) is 0 Å². The Hall–Kier alpha value is -1.56. The lowest BCUT2D eigenvalue weighted by Gasteiger charge is -2.21. The van der Waals surface area contributed by atoms with Crippen LogP contribution in [-0.4, -0.2) is 0 Å². The molecule has 1 fully saturated rings. The molecule has 22 heavy (non-hydrogen) atoms. The summed E-state index contributed by atoms with van der Waals surface area (Å²) in [7, 11) is 0. The second kappa shape index (κ2) is 7.63. The Morgan fingerprint density at radius 1 is 0.682 bits per heavy atom. The Labute approximate surface area is 135 Å². The van der Waals surface area contributed by atoms with Crippen molar-refractivity contribution < 1.29 is 0 Å². The minimum atomic E-state index is 0.932. The molecule has 2 aromatic carbocycles. The molecule has 1 aliphatic rings. The normalized spacial score (nSPS) is 15.9. The first-order valence-electron chi connectivity index (χ1n) is 8.99. The van der Waals surface area contributed by atoms with E-state index in [-0.39, 0.29) is 0 Å². The molecule has 0 amide bonds. The molecule has 0 heteroatoms. The summed E-state index contributed by atoms with van der Waals surface area (Å²) in [6.07, 6.45) is 10.7. The third-order valence-electron chi connectivity index (χ3n) is 5.11. The van der Waals surface area contributed by atoms with Gasteiger partial charge in [-0.15, -0.1) is 0 Å². The van der Waals surface area contributed by atoms with Gasteiger partial charge in [0.05, 0.1) is 0 Å². The van der Waals surface area contributed by atoms with Crippen molar-refractivity contribution in [1.29, 1.82) is 0 Å². The summed E-state index contributed by atoms with van der Waals surface area (Å²) in [5, 5.41) is 0. The third-order valence-corrected chi connectivity index (χ3v) is 5.11. The van der Waals surface area contributed by atoms with Gasteiger partial charge in [0.25, 0.3) is 0 Å². The molecule has 0 aliphatic heterocycles. The summed E-state index contributed by atoms with van der Waals surface area (Å²) in [5.74, 6) is 0.932. The van der Waals surface area contributed by atoms with Gasteiger partial charge in [0.1, 0.15) is 0 Å². The van der Waals surface area contributed by atoms with Gasteiger partial charge in [-0.05, 0) is 47.4 Å². The van der Waals surface area contributed by atoms with Crippen molar-refractivity contribution in [2.75, 3.05) is 0 Å². The highest BCUT2D eigenvalue weighted by Crippen LogP contribution is 2.27. The first-order valence-corrected chi connectivity index (χ1v) is 8.99. The predicted octanol–water partition coefficient (Wildman–Crippen LogP) is 5.96. The molecule has 0 aromatic heterocycles. The molecule has 3 rings (SSSR count). The molecule has 0 bridgehead atoms. The van der Waals surface area contributed by atoms with Gasteiger partial charge in [0.15, 0.2) is 0 Å². The first-order chi connectivity index (χ1) is 10.8. The van der Waals surface area contributed by atoms with E-state index in [0.717, 1.165) is 18.8 Å². The van der Waals surface area contributed by atoms with Gasteiger partial charge in [-0.25, -0.2) is 0 Å². The Balaban J connectivity index is 1.58. The van der Waals surface area contributed by atoms with Gasteiger partial charge >= 0.3 is 0 Å². The fraction of sp³-hybridized carbons (Fsp3) is 0.455. The van der Waals surface area contributed by atoms with Crippen molar-refractivity contribution in [1.82, 2.24) is 0 Å². The molecule has 0 spiro atoms. The van der Waals surface area contributed by atoms with Crippen LogP contribution < -0.4 is 0 Å². The van der Waals surface area contributed by atoms with E-state index in [2.05, 4.69) is 55.5 Å². The van der Waals surface area contributed by atoms with Crippen LogP contribution in [0.5, 0.6) is 0 Å². The van der Waals surface area contributed by atoms with E-state index >= 15 is 0 Å². The SMILES string of the molecule is CCc1ccc(Cc2ccc(CC3CCCCC3)cc2)cc1. The quantitative estimate of drug-likeness (QED) is 0.637. The number of hydrogen-bond donors (Lipinski definition) is 0. The van der Waals surface area contributed by atoms with Crippen LogP contribution in [0.25, 0.3) is 0 Å². The summed E-state index contributed by atoms with van der Waals surface area (Å²) >= 11 is 0. The summed E-state index contributed by atoms with van der Waals surface area (Å²) < 4.78 is 0. The second-order valence-electron chi connectivity index (χ2n) is 6.87. The summed E-state index contributed by atoms with van der Waals surface area (Å²) in [4.78, 5) is 0. The molecule has 0 heterocycles. The Morgan fingerprint density at radius 2 is 1.18 bits per heavy atom. The van der Waals surface area contributed by atoms with E-state index in [1.54, 1.807) is 0 Å². The first kappa shape index (κ1) is 15.3. The average Bonchev–Trinajstić information content (AvgIpc) is 2.58. The maximum atomic E-state index is 2.35. The number of rotatable bonds is 5. The lowest BCUT2D eigenvalue weighted by Crippen LogP contribution is -2.09. The van der Waals surface area contributed by atoms with Gasteiger partial charge in [0, 0.05) is 0 Å². The maximum Gasteiger partial charge on any atom is -0.00258 e. The third kappa shape index (κ3) is 4.22. The van der Waals surface area contributed by atoms with Crippen LogP contribution in [0.15, 0.2) is 48.5 Å². The van der Waals surface area contributed by atoms with Gasteiger partial charge < -0.3 is 0 Å². The van der Waals surface area contributed by atoms with Crippen molar-refractivity contribution in [3.63, 3.8) is 0 Å². The highest BCUT2D eigenvalue weighted by Gasteiger charge is 2.13. The van der Waals surface area contributed by atoms with E-state index in [1.165, 1.54) is 60.8 Å². The zero-order valence-corrected chi connectivity index (χ0v) is 13.9.